The lowest BCUT2D eigenvalue weighted by Crippen LogP contribution is -2.31. The molecule has 1 saturated carbocycles. The third kappa shape index (κ3) is 4.29. The van der Waals surface area contributed by atoms with Gasteiger partial charge in [-0.1, -0.05) is 24.3 Å². The van der Waals surface area contributed by atoms with E-state index in [4.69, 9.17) is 8.92 Å². The number of aliphatic hydroxyl groups is 1. The van der Waals surface area contributed by atoms with Gasteiger partial charge in [0.15, 0.2) is 0 Å². The molecule has 182 valence electrons. The summed E-state index contributed by atoms with van der Waals surface area (Å²) in [6, 6.07) is 10.3. The summed E-state index contributed by atoms with van der Waals surface area (Å²) in [5.41, 5.74) is 3.29. The minimum atomic E-state index is -3.89. The van der Waals surface area contributed by atoms with Crippen LogP contribution in [-0.4, -0.2) is 61.0 Å². The summed E-state index contributed by atoms with van der Waals surface area (Å²) in [6.07, 6.45) is 3.38. The van der Waals surface area contributed by atoms with Crippen molar-refractivity contribution in [2.24, 2.45) is 5.92 Å². The predicted octanol–water partition coefficient (Wildman–Crippen LogP) is 1.95. The second kappa shape index (κ2) is 9.23. The van der Waals surface area contributed by atoms with Crippen LogP contribution in [0.5, 0.6) is 0 Å². The molecule has 1 aromatic carbocycles. The van der Waals surface area contributed by atoms with Gasteiger partial charge in [0, 0.05) is 32.3 Å². The first-order chi connectivity index (χ1) is 16.4. The molecule has 2 heterocycles. The fourth-order valence-corrected chi connectivity index (χ4v) is 5.89. The first-order valence-corrected chi connectivity index (χ1v) is 12.8. The van der Waals surface area contributed by atoms with Crippen LogP contribution in [0.2, 0.25) is 0 Å². The van der Waals surface area contributed by atoms with Gasteiger partial charge in [0.1, 0.15) is 23.9 Å². The molecular weight excluding hydrogens is 458 g/mol. The van der Waals surface area contributed by atoms with Gasteiger partial charge in [-0.3, -0.25) is 4.18 Å². The Bertz CT molecular complexity index is 1280. The van der Waals surface area contributed by atoms with Crippen molar-refractivity contribution in [3.63, 3.8) is 0 Å². The SMILES string of the molecule is CNS(=O)(=O)O[C@@H]1C[C@@H](n2ccc3c(N[C@H]4c5ccccc5C[C@H]4COC)ncnc32)C[C@H]1O. The fourth-order valence-electron chi connectivity index (χ4n) is 5.26. The summed E-state index contributed by atoms with van der Waals surface area (Å²) in [7, 11) is -0.893. The van der Waals surface area contributed by atoms with Gasteiger partial charge in [-0.2, -0.15) is 13.1 Å². The molecular formula is C23H29N5O5S. The normalized spacial score (nSPS) is 26.7. The van der Waals surface area contributed by atoms with Crippen LogP contribution in [-0.2, 0) is 25.6 Å². The van der Waals surface area contributed by atoms with Gasteiger partial charge in [0.05, 0.1) is 24.1 Å². The van der Waals surface area contributed by atoms with E-state index in [0.29, 0.717) is 19.4 Å². The molecule has 3 N–H and O–H groups in total. The van der Waals surface area contributed by atoms with E-state index in [0.717, 1.165) is 23.3 Å². The van der Waals surface area contributed by atoms with Gasteiger partial charge >= 0.3 is 10.3 Å². The van der Waals surface area contributed by atoms with Crippen molar-refractivity contribution in [1.82, 2.24) is 19.3 Å². The van der Waals surface area contributed by atoms with Crippen LogP contribution in [0.15, 0.2) is 42.9 Å². The summed E-state index contributed by atoms with van der Waals surface area (Å²) in [5, 5.41) is 14.9. The molecule has 0 unspecified atom stereocenters. The standard InChI is InChI=1S/C23H29N5O5S/c1-24-34(30,31)33-20-11-16(10-19(20)29)28-8-7-18-22(25-13-26-23(18)28)27-21-15(12-32-2)9-14-5-3-4-6-17(14)21/h3-8,13,15-16,19-21,24,29H,9-12H2,1-2H3,(H,25,26,27)/t15-,16-,19+,20+,21+/m0/s1. The number of hydrogen-bond donors (Lipinski definition) is 3. The molecule has 1 fully saturated rings. The predicted molar refractivity (Wildman–Crippen MR) is 127 cm³/mol. The molecule has 0 aliphatic heterocycles. The quantitative estimate of drug-likeness (QED) is 0.440. The molecule has 0 saturated heterocycles. The van der Waals surface area contributed by atoms with E-state index in [2.05, 4.69) is 38.2 Å². The number of methoxy groups -OCH3 is 1. The van der Waals surface area contributed by atoms with Gasteiger partial charge in [0.2, 0.25) is 0 Å². The van der Waals surface area contributed by atoms with Gasteiger partial charge in [-0.15, -0.1) is 0 Å². The number of nitrogens with zero attached hydrogens (tertiary/aromatic N) is 3. The lowest BCUT2D eigenvalue weighted by molar-refractivity contribution is 0.0635. The molecule has 10 nitrogen and oxygen atoms in total. The lowest BCUT2D eigenvalue weighted by Gasteiger charge is -2.22. The van der Waals surface area contributed by atoms with Crippen molar-refractivity contribution >= 4 is 27.2 Å². The molecule has 0 bridgehead atoms. The molecule has 5 atom stereocenters. The third-order valence-corrected chi connectivity index (χ3v) is 7.87. The highest BCUT2D eigenvalue weighted by Crippen LogP contribution is 2.40. The largest absolute Gasteiger partial charge is 0.390 e. The number of benzene rings is 1. The Labute approximate surface area is 198 Å². The van der Waals surface area contributed by atoms with E-state index < -0.39 is 22.5 Å². The van der Waals surface area contributed by atoms with Crippen LogP contribution in [0, 0.1) is 5.92 Å². The van der Waals surface area contributed by atoms with Crippen LogP contribution in [0.25, 0.3) is 11.0 Å². The Morgan fingerprint density at radius 2 is 2.03 bits per heavy atom. The van der Waals surface area contributed by atoms with Gasteiger partial charge in [-0.25, -0.2) is 9.97 Å². The minimum absolute atomic E-state index is 0.0652. The molecule has 3 aromatic rings. The Morgan fingerprint density at radius 1 is 1.21 bits per heavy atom. The van der Waals surface area contributed by atoms with E-state index in [9.17, 15) is 13.5 Å². The van der Waals surface area contributed by atoms with Crippen molar-refractivity contribution in [3.05, 3.63) is 54.0 Å². The smallest absolute Gasteiger partial charge is 0.335 e. The molecule has 11 heteroatoms. The number of anilines is 1. The average molecular weight is 488 g/mol. The maximum absolute atomic E-state index is 11.8. The zero-order valence-corrected chi connectivity index (χ0v) is 19.9. The van der Waals surface area contributed by atoms with Crippen molar-refractivity contribution in [1.29, 1.82) is 0 Å². The van der Waals surface area contributed by atoms with Gasteiger partial charge < -0.3 is 19.7 Å². The number of aromatic nitrogens is 3. The Balaban J connectivity index is 1.41. The highest BCUT2D eigenvalue weighted by atomic mass is 32.2. The van der Waals surface area contributed by atoms with Gasteiger partial charge in [-0.05, 0) is 36.5 Å². The molecule has 5 rings (SSSR count). The van der Waals surface area contributed by atoms with Crippen molar-refractivity contribution in [2.75, 3.05) is 26.1 Å². The Morgan fingerprint density at radius 3 is 2.82 bits per heavy atom. The topological polar surface area (TPSA) is 128 Å². The van der Waals surface area contributed by atoms with Crippen LogP contribution in [0.1, 0.15) is 36.1 Å². The van der Waals surface area contributed by atoms with E-state index in [1.165, 1.54) is 24.5 Å². The number of fused-ring (bicyclic) bond motifs is 2. The minimum Gasteiger partial charge on any atom is -0.390 e. The third-order valence-electron chi connectivity index (χ3n) is 6.87. The lowest BCUT2D eigenvalue weighted by atomic mass is 10.0. The zero-order chi connectivity index (χ0) is 23.9. The monoisotopic (exact) mass is 487 g/mol. The second-order valence-electron chi connectivity index (χ2n) is 8.91. The summed E-state index contributed by atoms with van der Waals surface area (Å²) >= 11 is 0. The van der Waals surface area contributed by atoms with Crippen molar-refractivity contribution < 1.29 is 22.4 Å². The first-order valence-electron chi connectivity index (χ1n) is 11.3. The van der Waals surface area contributed by atoms with Crippen LogP contribution in [0.4, 0.5) is 5.82 Å². The van der Waals surface area contributed by atoms with Crippen LogP contribution in [0.3, 0.4) is 0 Å². The molecule has 0 radical (unpaired) electrons. The van der Waals surface area contributed by atoms with Crippen LogP contribution >= 0.6 is 0 Å². The molecule has 34 heavy (non-hydrogen) atoms. The number of ether oxygens (including phenoxy) is 1. The van der Waals surface area contributed by atoms with E-state index in [1.807, 2.05) is 22.9 Å². The second-order valence-corrected chi connectivity index (χ2v) is 10.4. The zero-order valence-electron chi connectivity index (χ0n) is 19.1. The van der Waals surface area contributed by atoms with Gasteiger partial charge in [0.25, 0.3) is 0 Å². The summed E-state index contributed by atoms with van der Waals surface area (Å²) < 4.78 is 38.3. The van der Waals surface area contributed by atoms with Crippen molar-refractivity contribution in [3.8, 4) is 0 Å². The maximum Gasteiger partial charge on any atom is 0.335 e. The van der Waals surface area contributed by atoms with Crippen molar-refractivity contribution in [2.45, 2.75) is 43.6 Å². The Hall–Kier alpha value is -2.57. The number of aliphatic hydroxyl groups excluding tert-OH is 1. The molecule has 0 amide bonds. The Kier molecular flexibility index (Phi) is 6.30. The maximum atomic E-state index is 11.8. The van der Waals surface area contributed by atoms with Crippen LogP contribution < -0.4 is 10.0 Å². The fraction of sp³-hybridized carbons (Fsp3) is 0.478. The molecule has 0 spiro atoms. The highest BCUT2D eigenvalue weighted by molar-refractivity contribution is 7.84. The van der Waals surface area contributed by atoms with E-state index in [-0.39, 0.29) is 18.0 Å². The molecule has 2 aliphatic rings. The molecule has 2 aromatic heterocycles. The number of rotatable bonds is 8. The first kappa shape index (κ1) is 23.2. The van der Waals surface area contributed by atoms with E-state index >= 15 is 0 Å². The summed E-state index contributed by atoms with van der Waals surface area (Å²) in [5.74, 6) is 1.02. The average Bonchev–Trinajstić information content (AvgIpc) is 3.50. The summed E-state index contributed by atoms with van der Waals surface area (Å²) in [4.78, 5) is 9.02. The van der Waals surface area contributed by atoms with E-state index in [1.54, 1.807) is 7.11 Å². The number of hydrogen-bond acceptors (Lipinski definition) is 8. The highest BCUT2D eigenvalue weighted by Gasteiger charge is 2.38. The number of nitrogens with one attached hydrogen (secondary N) is 2. The summed E-state index contributed by atoms with van der Waals surface area (Å²) in [6.45, 7) is 0.637. The molecule has 2 aliphatic carbocycles.